The topological polar surface area (TPSA) is 69.9 Å². The summed E-state index contributed by atoms with van der Waals surface area (Å²) in [6.07, 6.45) is 12.2. The van der Waals surface area contributed by atoms with E-state index in [1.165, 1.54) is 6.42 Å². The lowest BCUT2D eigenvalue weighted by atomic mass is 9.74. The van der Waals surface area contributed by atoms with Gasteiger partial charge in [-0.25, -0.2) is 4.79 Å². The summed E-state index contributed by atoms with van der Waals surface area (Å²) in [5.41, 5.74) is 4.06. The van der Waals surface area contributed by atoms with E-state index in [-0.39, 0.29) is 16.4 Å². The van der Waals surface area contributed by atoms with Crippen molar-refractivity contribution in [3.63, 3.8) is 0 Å². The minimum atomic E-state index is -0.948. The van der Waals surface area contributed by atoms with E-state index in [4.69, 9.17) is 5.11 Å². The number of aromatic carboxylic acids is 1. The van der Waals surface area contributed by atoms with Crippen LogP contribution in [0, 0.1) is 10.8 Å². The highest BCUT2D eigenvalue weighted by Gasteiger charge is 2.25. The van der Waals surface area contributed by atoms with Gasteiger partial charge in [-0.1, -0.05) is 63.2 Å². The van der Waals surface area contributed by atoms with Gasteiger partial charge in [-0.15, -0.1) is 0 Å². The first-order valence-electron chi connectivity index (χ1n) is 10.1. The first-order chi connectivity index (χ1) is 13.5. The summed E-state index contributed by atoms with van der Waals surface area (Å²) >= 11 is 0. The average Bonchev–Trinajstić information content (AvgIpc) is 2.67. The molecule has 29 heavy (non-hydrogen) atoms. The van der Waals surface area contributed by atoms with Crippen molar-refractivity contribution in [1.29, 1.82) is 0 Å². The largest absolute Gasteiger partial charge is 0.478 e. The van der Waals surface area contributed by atoms with Crippen molar-refractivity contribution in [3.05, 3.63) is 64.8 Å². The number of oxime groups is 1. The van der Waals surface area contributed by atoms with Crippen LogP contribution in [0.2, 0.25) is 0 Å². The molecule has 4 heteroatoms. The molecule has 1 aromatic rings. The van der Waals surface area contributed by atoms with Crippen molar-refractivity contribution in [1.82, 2.24) is 0 Å². The molecular formula is C25H33NO3. The van der Waals surface area contributed by atoms with Crippen molar-refractivity contribution in [2.24, 2.45) is 16.0 Å². The second-order valence-corrected chi connectivity index (χ2v) is 9.49. The Labute approximate surface area is 174 Å². The minimum Gasteiger partial charge on any atom is -0.478 e. The summed E-state index contributed by atoms with van der Waals surface area (Å²) in [5.74, 6) is -0.948. The van der Waals surface area contributed by atoms with Gasteiger partial charge in [0.15, 0.2) is 0 Å². The van der Waals surface area contributed by atoms with E-state index in [1.807, 2.05) is 6.08 Å². The van der Waals surface area contributed by atoms with Crippen molar-refractivity contribution in [2.75, 3.05) is 0 Å². The Morgan fingerprint density at radius 3 is 2.07 bits per heavy atom. The van der Waals surface area contributed by atoms with Crippen LogP contribution in [-0.2, 0) is 0 Å². The van der Waals surface area contributed by atoms with Crippen LogP contribution in [0.1, 0.15) is 76.2 Å². The monoisotopic (exact) mass is 395 g/mol. The molecule has 4 nitrogen and oxygen atoms in total. The Morgan fingerprint density at radius 2 is 1.55 bits per heavy atom. The minimum absolute atomic E-state index is 0.178. The van der Waals surface area contributed by atoms with E-state index in [2.05, 4.69) is 51.9 Å². The van der Waals surface area contributed by atoms with Crippen LogP contribution in [0.25, 0.3) is 6.08 Å². The third-order valence-electron chi connectivity index (χ3n) is 5.70. The molecule has 2 N–H and O–H groups in total. The van der Waals surface area contributed by atoms with Gasteiger partial charge >= 0.3 is 5.97 Å². The predicted octanol–water partition coefficient (Wildman–Crippen LogP) is 6.73. The fraction of sp³-hybridized carbons (Fsp3) is 0.440. The lowest BCUT2D eigenvalue weighted by Crippen LogP contribution is -2.19. The third kappa shape index (κ3) is 6.74. The first kappa shape index (κ1) is 22.7. The molecule has 1 aliphatic rings. The van der Waals surface area contributed by atoms with Gasteiger partial charge in [-0.2, -0.15) is 0 Å². The summed E-state index contributed by atoms with van der Waals surface area (Å²) in [6.45, 7) is 11.2. The molecule has 0 heterocycles. The second-order valence-electron chi connectivity index (χ2n) is 9.49. The van der Waals surface area contributed by atoms with Gasteiger partial charge in [0.25, 0.3) is 0 Å². The Kier molecular flexibility index (Phi) is 7.23. The van der Waals surface area contributed by atoms with E-state index in [0.29, 0.717) is 5.71 Å². The highest BCUT2D eigenvalue weighted by Crippen LogP contribution is 2.38. The smallest absolute Gasteiger partial charge is 0.335 e. The van der Waals surface area contributed by atoms with E-state index >= 15 is 0 Å². The number of carboxylic acids is 1. The van der Waals surface area contributed by atoms with Gasteiger partial charge in [-0.05, 0) is 72.8 Å². The summed E-state index contributed by atoms with van der Waals surface area (Å²) < 4.78 is 0. The molecule has 0 atom stereocenters. The number of rotatable bonds is 4. The molecule has 0 spiro atoms. The van der Waals surface area contributed by atoms with Crippen LogP contribution in [0.15, 0.2) is 58.8 Å². The SMILES string of the molecule is CC1=CCC(C)(C)CCC(C)(C)CC=C1C(/C=C/c1ccc(C(=O)O)cc1)=N/O. The van der Waals surface area contributed by atoms with Crippen LogP contribution in [-0.4, -0.2) is 22.0 Å². The van der Waals surface area contributed by atoms with Gasteiger partial charge in [0.05, 0.1) is 5.56 Å². The van der Waals surface area contributed by atoms with Gasteiger partial charge in [0.1, 0.15) is 5.71 Å². The van der Waals surface area contributed by atoms with Crippen LogP contribution >= 0.6 is 0 Å². The number of hydrogen-bond acceptors (Lipinski definition) is 3. The fourth-order valence-electron chi connectivity index (χ4n) is 3.36. The van der Waals surface area contributed by atoms with Crippen LogP contribution in [0.3, 0.4) is 0 Å². The van der Waals surface area contributed by atoms with Crippen molar-refractivity contribution in [3.8, 4) is 0 Å². The zero-order valence-electron chi connectivity index (χ0n) is 18.2. The molecule has 0 amide bonds. The van der Waals surface area contributed by atoms with E-state index in [9.17, 15) is 10.0 Å². The summed E-state index contributed by atoms with van der Waals surface area (Å²) in [7, 11) is 0. The van der Waals surface area contributed by atoms with Gasteiger partial charge in [0, 0.05) is 5.57 Å². The standard InChI is InChI=1S/C25H33NO3/c1-18-12-14-24(2,3)16-17-25(4,5)15-13-21(18)22(26-29)11-8-19-6-9-20(10-7-19)23(27)28/h6-13,29H,14-17H2,1-5H3,(H,27,28)/b11-8+,18-12?,21-13?,26-22+. The van der Waals surface area contributed by atoms with Gasteiger partial charge in [-0.3, -0.25) is 0 Å². The van der Waals surface area contributed by atoms with E-state index in [1.54, 1.807) is 30.3 Å². The third-order valence-corrected chi connectivity index (χ3v) is 5.70. The second kappa shape index (κ2) is 9.25. The predicted molar refractivity (Wildman–Crippen MR) is 120 cm³/mol. The molecule has 1 aliphatic carbocycles. The van der Waals surface area contributed by atoms with E-state index < -0.39 is 5.97 Å². The molecule has 0 radical (unpaired) electrons. The van der Waals surface area contributed by atoms with Gasteiger partial charge in [0.2, 0.25) is 0 Å². The zero-order chi connectivity index (χ0) is 21.7. The molecule has 0 fully saturated rings. The van der Waals surface area contributed by atoms with Crippen LogP contribution in [0.4, 0.5) is 0 Å². The fourth-order valence-corrected chi connectivity index (χ4v) is 3.36. The van der Waals surface area contributed by atoms with Crippen LogP contribution < -0.4 is 0 Å². The summed E-state index contributed by atoms with van der Waals surface area (Å²) in [4.78, 5) is 11.0. The highest BCUT2D eigenvalue weighted by atomic mass is 16.4. The van der Waals surface area contributed by atoms with Crippen molar-refractivity contribution in [2.45, 2.75) is 60.3 Å². The van der Waals surface area contributed by atoms with Crippen LogP contribution in [0.5, 0.6) is 0 Å². The number of carbonyl (C=O) groups is 1. The molecule has 1 aromatic carbocycles. The first-order valence-corrected chi connectivity index (χ1v) is 10.1. The average molecular weight is 396 g/mol. The highest BCUT2D eigenvalue weighted by molar-refractivity contribution is 6.12. The molecule has 0 saturated carbocycles. The van der Waals surface area contributed by atoms with Crippen molar-refractivity contribution < 1.29 is 15.1 Å². The molecule has 2 rings (SSSR count). The molecule has 0 bridgehead atoms. The molecular weight excluding hydrogens is 362 g/mol. The summed E-state index contributed by atoms with van der Waals surface area (Å²) in [5, 5.41) is 22.3. The molecule has 0 saturated heterocycles. The number of carboxylic acid groups (broad SMARTS) is 1. The lowest BCUT2D eigenvalue weighted by Gasteiger charge is -2.31. The Balaban J connectivity index is 2.33. The summed E-state index contributed by atoms with van der Waals surface area (Å²) in [6, 6.07) is 6.61. The molecule has 0 unspecified atom stereocenters. The van der Waals surface area contributed by atoms with E-state index in [0.717, 1.165) is 36.0 Å². The molecule has 156 valence electrons. The number of benzene rings is 1. The molecule has 0 aliphatic heterocycles. The van der Waals surface area contributed by atoms with Gasteiger partial charge < -0.3 is 10.3 Å². The van der Waals surface area contributed by atoms with Crippen molar-refractivity contribution >= 4 is 17.8 Å². The molecule has 0 aromatic heterocycles. The number of nitrogens with zero attached hydrogens (tertiary/aromatic N) is 1. The normalized spacial score (nSPS) is 20.1. The maximum atomic E-state index is 11.0. The lowest BCUT2D eigenvalue weighted by molar-refractivity contribution is 0.0697. The quantitative estimate of drug-likeness (QED) is 0.337. The Bertz CT molecular complexity index is 853. The maximum Gasteiger partial charge on any atom is 0.335 e. The Morgan fingerprint density at radius 1 is 1.00 bits per heavy atom. The zero-order valence-corrected chi connectivity index (χ0v) is 18.2. The number of hydrogen-bond donors (Lipinski definition) is 2. The maximum absolute atomic E-state index is 11.0. The number of allylic oxidation sites excluding steroid dienone is 5. The Hall–Kier alpha value is -2.62.